The van der Waals surface area contributed by atoms with Gasteiger partial charge in [-0.2, -0.15) is 0 Å². The molecule has 0 amide bonds. The molecule has 4 heteroatoms. The fraction of sp³-hybridized carbons (Fsp3) is 0.500. The first-order valence-corrected chi connectivity index (χ1v) is 6.33. The van der Waals surface area contributed by atoms with Gasteiger partial charge in [0.1, 0.15) is 12.4 Å². The predicted octanol–water partition coefficient (Wildman–Crippen LogP) is 3.08. The van der Waals surface area contributed by atoms with Gasteiger partial charge in [-0.1, -0.05) is 19.0 Å². The van der Waals surface area contributed by atoms with Crippen LogP contribution in [0.5, 0.6) is 5.75 Å². The Morgan fingerprint density at radius 2 is 1.83 bits per heavy atom. The molecule has 1 aromatic carbocycles. The molecule has 0 spiro atoms. The summed E-state index contributed by atoms with van der Waals surface area (Å²) in [4.78, 5) is 0. The quantitative estimate of drug-likeness (QED) is 0.334. The largest absolute Gasteiger partial charge is 0.491 e. The van der Waals surface area contributed by atoms with E-state index in [0.717, 1.165) is 24.3 Å². The Labute approximate surface area is 108 Å². The third-order valence-corrected chi connectivity index (χ3v) is 2.49. The summed E-state index contributed by atoms with van der Waals surface area (Å²) in [5.41, 5.74) is 1.59. The van der Waals surface area contributed by atoms with Crippen LogP contribution in [0.3, 0.4) is 0 Å². The summed E-state index contributed by atoms with van der Waals surface area (Å²) in [7, 11) is 0. The Balaban J connectivity index is 2.41. The molecule has 1 rings (SSSR count). The van der Waals surface area contributed by atoms with Crippen LogP contribution >= 0.6 is 0 Å². The zero-order valence-electron chi connectivity index (χ0n) is 11.1. The maximum absolute atomic E-state index is 8.81. The molecular formula is C14H21NO3. The van der Waals surface area contributed by atoms with Gasteiger partial charge in [0.05, 0.1) is 12.3 Å². The summed E-state index contributed by atoms with van der Waals surface area (Å²) in [6.07, 6.45) is 1.72. The summed E-state index contributed by atoms with van der Waals surface area (Å²) in [6, 6.07) is 7.52. The lowest BCUT2D eigenvalue weighted by atomic mass is 10.1. The summed E-state index contributed by atoms with van der Waals surface area (Å²) >= 11 is 0. The first-order valence-electron chi connectivity index (χ1n) is 6.33. The fourth-order valence-electron chi connectivity index (χ4n) is 1.54. The van der Waals surface area contributed by atoms with Gasteiger partial charge in [0.2, 0.25) is 0 Å². The third kappa shape index (κ3) is 4.75. The third-order valence-electron chi connectivity index (χ3n) is 2.49. The van der Waals surface area contributed by atoms with Crippen LogP contribution in [0.25, 0.3) is 0 Å². The fourth-order valence-corrected chi connectivity index (χ4v) is 1.54. The number of nitrogens with zero attached hydrogens (tertiary/aromatic N) is 1. The topological polar surface area (TPSA) is 51.0 Å². The van der Waals surface area contributed by atoms with E-state index in [2.05, 4.69) is 12.1 Å². The van der Waals surface area contributed by atoms with Crippen LogP contribution in [0.15, 0.2) is 29.4 Å². The summed E-state index contributed by atoms with van der Waals surface area (Å²) in [6.45, 7) is 5.95. The highest BCUT2D eigenvalue weighted by atomic mass is 16.5. The van der Waals surface area contributed by atoms with Crippen molar-refractivity contribution in [1.29, 1.82) is 0 Å². The minimum atomic E-state index is 0.550. The number of rotatable bonds is 8. The van der Waals surface area contributed by atoms with Crippen LogP contribution in [0.4, 0.5) is 0 Å². The first-order chi connectivity index (χ1) is 8.81. The molecule has 0 aliphatic rings. The van der Waals surface area contributed by atoms with Crippen molar-refractivity contribution in [2.75, 3.05) is 19.8 Å². The SMILES string of the molecule is CCCOCCOc1ccc(/C(CC)=N/O)cc1. The van der Waals surface area contributed by atoms with Gasteiger partial charge in [-0.25, -0.2) is 0 Å². The van der Waals surface area contributed by atoms with Gasteiger partial charge in [0, 0.05) is 6.61 Å². The maximum Gasteiger partial charge on any atom is 0.119 e. The number of hydrogen-bond donors (Lipinski definition) is 1. The van der Waals surface area contributed by atoms with Gasteiger partial charge in [0.15, 0.2) is 0 Å². The van der Waals surface area contributed by atoms with Crippen molar-refractivity contribution < 1.29 is 14.7 Å². The smallest absolute Gasteiger partial charge is 0.119 e. The molecule has 100 valence electrons. The van der Waals surface area contributed by atoms with E-state index >= 15 is 0 Å². The number of benzene rings is 1. The van der Waals surface area contributed by atoms with E-state index < -0.39 is 0 Å². The van der Waals surface area contributed by atoms with Crippen molar-refractivity contribution in [2.24, 2.45) is 5.16 Å². The van der Waals surface area contributed by atoms with E-state index in [1.807, 2.05) is 31.2 Å². The molecular weight excluding hydrogens is 230 g/mol. The van der Waals surface area contributed by atoms with Crippen LogP contribution in [-0.2, 0) is 4.74 Å². The van der Waals surface area contributed by atoms with Crippen molar-refractivity contribution in [2.45, 2.75) is 26.7 Å². The minimum Gasteiger partial charge on any atom is -0.491 e. The Morgan fingerprint density at radius 3 is 2.39 bits per heavy atom. The molecule has 0 aliphatic carbocycles. The summed E-state index contributed by atoms with van der Waals surface area (Å²) in [5, 5.41) is 12.1. The standard InChI is InChI=1S/C14H21NO3/c1-3-9-17-10-11-18-13-7-5-12(6-8-13)14(4-2)15-16/h5-8,16H,3-4,9-11H2,1-2H3/b15-14+. The molecule has 4 nitrogen and oxygen atoms in total. The van der Waals surface area contributed by atoms with Crippen LogP contribution in [0, 0.1) is 0 Å². The van der Waals surface area contributed by atoms with Gasteiger partial charge in [0.25, 0.3) is 0 Å². The molecule has 0 fully saturated rings. The molecule has 0 unspecified atom stereocenters. The van der Waals surface area contributed by atoms with Crippen LogP contribution in [0.1, 0.15) is 32.3 Å². The highest BCUT2D eigenvalue weighted by Crippen LogP contribution is 2.13. The van der Waals surface area contributed by atoms with Gasteiger partial charge in [-0.05, 0) is 42.7 Å². The van der Waals surface area contributed by atoms with Crippen LogP contribution in [0.2, 0.25) is 0 Å². The number of oxime groups is 1. The molecule has 0 bridgehead atoms. The molecule has 18 heavy (non-hydrogen) atoms. The lowest BCUT2D eigenvalue weighted by Gasteiger charge is -2.07. The van der Waals surface area contributed by atoms with E-state index in [-0.39, 0.29) is 0 Å². The van der Waals surface area contributed by atoms with E-state index in [1.54, 1.807) is 0 Å². The van der Waals surface area contributed by atoms with Crippen LogP contribution < -0.4 is 4.74 Å². The average molecular weight is 251 g/mol. The van der Waals surface area contributed by atoms with E-state index in [1.165, 1.54) is 0 Å². The molecule has 1 aromatic rings. The molecule has 0 aliphatic heterocycles. The van der Waals surface area contributed by atoms with Crippen molar-refractivity contribution in [3.63, 3.8) is 0 Å². The zero-order chi connectivity index (χ0) is 13.2. The summed E-state index contributed by atoms with van der Waals surface area (Å²) in [5.74, 6) is 0.798. The second kappa shape index (κ2) is 8.53. The Bertz CT molecular complexity index is 360. The molecule has 1 N–H and O–H groups in total. The van der Waals surface area contributed by atoms with Crippen molar-refractivity contribution in [3.8, 4) is 5.75 Å². The van der Waals surface area contributed by atoms with Gasteiger partial charge in [-0.3, -0.25) is 0 Å². The Hall–Kier alpha value is -1.55. The van der Waals surface area contributed by atoms with E-state index in [9.17, 15) is 0 Å². The molecule has 0 aromatic heterocycles. The molecule has 0 saturated heterocycles. The van der Waals surface area contributed by atoms with Gasteiger partial charge < -0.3 is 14.7 Å². The maximum atomic E-state index is 8.81. The number of hydrogen-bond acceptors (Lipinski definition) is 4. The molecule has 0 heterocycles. The van der Waals surface area contributed by atoms with Gasteiger partial charge >= 0.3 is 0 Å². The van der Waals surface area contributed by atoms with Crippen molar-refractivity contribution >= 4 is 5.71 Å². The second-order valence-corrected chi connectivity index (χ2v) is 3.89. The van der Waals surface area contributed by atoms with E-state index in [4.69, 9.17) is 14.7 Å². The Kier molecular flexibility index (Phi) is 6.87. The molecule has 0 saturated carbocycles. The summed E-state index contributed by atoms with van der Waals surface area (Å²) < 4.78 is 10.9. The zero-order valence-corrected chi connectivity index (χ0v) is 11.1. The predicted molar refractivity (Wildman–Crippen MR) is 71.7 cm³/mol. The van der Waals surface area contributed by atoms with Gasteiger partial charge in [-0.15, -0.1) is 0 Å². The molecule has 0 atom stereocenters. The Morgan fingerprint density at radius 1 is 1.11 bits per heavy atom. The normalized spacial score (nSPS) is 11.6. The lowest BCUT2D eigenvalue weighted by molar-refractivity contribution is 0.101. The minimum absolute atomic E-state index is 0.550. The molecule has 0 radical (unpaired) electrons. The van der Waals surface area contributed by atoms with Crippen molar-refractivity contribution in [1.82, 2.24) is 0 Å². The second-order valence-electron chi connectivity index (χ2n) is 3.89. The lowest BCUT2D eigenvalue weighted by Crippen LogP contribution is -2.07. The first kappa shape index (κ1) is 14.5. The van der Waals surface area contributed by atoms with Crippen molar-refractivity contribution in [3.05, 3.63) is 29.8 Å². The van der Waals surface area contributed by atoms with E-state index in [0.29, 0.717) is 25.3 Å². The highest BCUT2D eigenvalue weighted by molar-refractivity contribution is 6.00. The number of ether oxygens (including phenoxy) is 2. The monoisotopic (exact) mass is 251 g/mol. The average Bonchev–Trinajstić information content (AvgIpc) is 2.41. The highest BCUT2D eigenvalue weighted by Gasteiger charge is 2.02. The van der Waals surface area contributed by atoms with Crippen LogP contribution in [-0.4, -0.2) is 30.7 Å².